The van der Waals surface area contributed by atoms with Crippen LogP contribution in [0.5, 0.6) is 0 Å². The molecule has 1 aliphatic rings. The van der Waals surface area contributed by atoms with Crippen LogP contribution >= 0.6 is 12.2 Å². The standard InChI is InChI=1S/C11H15N3S/c1-8-4-6-14(7-8)11-9(10(12)15)3-2-5-13-11/h2-3,5,8H,4,6-7H2,1H3,(H2,12,15). The summed E-state index contributed by atoms with van der Waals surface area (Å²) < 4.78 is 0. The van der Waals surface area contributed by atoms with Crippen molar-refractivity contribution in [2.45, 2.75) is 13.3 Å². The van der Waals surface area contributed by atoms with Crippen LogP contribution in [-0.2, 0) is 0 Å². The van der Waals surface area contributed by atoms with Crippen molar-refractivity contribution in [3.8, 4) is 0 Å². The topological polar surface area (TPSA) is 42.2 Å². The number of thiocarbonyl (C=S) groups is 1. The second-order valence-corrected chi connectivity index (χ2v) is 4.52. The SMILES string of the molecule is CC1CCN(c2ncccc2C(N)=S)C1. The number of pyridine rings is 1. The summed E-state index contributed by atoms with van der Waals surface area (Å²) in [6.07, 6.45) is 3.01. The van der Waals surface area contributed by atoms with Crippen molar-refractivity contribution < 1.29 is 0 Å². The summed E-state index contributed by atoms with van der Waals surface area (Å²) in [6, 6.07) is 3.81. The van der Waals surface area contributed by atoms with Crippen molar-refractivity contribution in [3.05, 3.63) is 23.9 Å². The zero-order chi connectivity index (χ0) is 10.8. The fraction of sp³-hybridized carbons (Fsp3) is 0.455. The summed E-state index contributed by atoms with van der Waals surface area (Å²) in [5, 5.41) is 0. The molecule has 15 heavy (non-hydrogen) atoms. The molecule has 80 valence electrons. The highest BCUT2D eigenvalue weighted by atomic mass is 32.1. The van der Waals surface area contributed by atoms with Gasteiger partial charge in [0.25, 0.3) is 0 Å². The lowest BCUT2D eigenvalue weighted by Gasteiger charge is -2.19. The van der Waals surface area contributed by atoms with E-state index in [-0.39, 0.29) is 0 Å². The predicted molar refractivity (Wildman–Crippen MR) is 66.1 cm³/mol. The third-order valence-electron chi connectivity index (χ3n) is 2.78. The predicted octanol–water partition coefficient (Wildman–Crippen LogP) is 1.56. The van der Waals surface area contributed by atoms with Crippen LogP contribution in [-0.4, -0.2) is 23.1 Å². The molecule has 1 saturated heterocycles. The molecular formula is C11H15N3S. The molecule has 1 aromatic heterocycles. The largest absolute Gasteiger partial charge is 0.389 e. The van der Waals surface area contributed by atoms with Crippen LogP contribution in [0.15, 0.2) is 18.3 Å². The molecule has 1 atom stereocenters. The first kappa shape index (κ1) is 10.4. The lowest BCUT2D eigenvalue weighted by molar-refractivity contribution is 0.659. The van der Waals surface area contributed by atoms with Crippen LogP contribution in [0.25, 0.3) is 0 Å². The number of aromatic nitrogens is 1. The number of anilines is 1. The van der Waals surface area contributed by atoms with Gasteiger partial charge in [0.15, 0.2) is 0 Å². The molecule has 1 aliphatic heterocycles. The molecule has 0 amide bonds. The molecule has 2 rings (SSSR count). The third kappa shape index (κ3) is 2.09. The van der Waals surface area contributed by atoms with Crippen LogP contribution in [0.2, 0.25) is 0 Å². The van der Waals surface area contributed by atoms with Gasteiger partial charge in [0.1, 0.15) is 10.8 Å². The van der Waals surface area contributed by atoms with Gasteiger partial charge in [0.2, 0.25) is 0 Å². The van der Waals surface area contributed by atoms with E-state index in [0.717, 1.165) is 30.4 Å². The van der Waals surface area contributed by atoms with Crippen molar-refractivity contribution in [3.63, 3.8) is 0 Å². The molecule has 0 saturated carbocycles. The minimum atomic E-state index is 0.428. The molecule has 0 radical (unpaired) electrons. The first-order chi connectivity index (χ1) is 7.18. The summed E-state index contributed by atoms with van der Waals surface area (Å²) in [4.78, 5) is 7.07. The van der Waals surface area contributed by atoms with E-state index in [1.165, 1.54) is 6.42 Å². The molecule has 2 heterocycles. The van der Waals surface area contributed by atoms with Gasteiger partial charge in [-0.2, -0.15) is 0 Å². The smallest absolute Gasteiger partial charge is 0.138 e. The van der Waals surface area contributed by atoms with Gasteiger partial charge in [-0.3, -0.25) is 0 Å². The summed E-state index contributed by atoms with van der Waals surface area (Å²) in [6.45, 7) is 4.35. The monoisotopic (exact) mass is 221 g/mol. The van der Waals surface area contributed by atoms with Gasteiger partial charge in [0.05, 0.1) is 5.56 Å². The maximum atomic E-state index is 5.68. The fourth-order valence-corrected chi connectivity index (χ4v) is 2.13. The second-order valence-electron chi connectivity index (χ2n) is 4.08. The zero-order valence-electron chi connectivity index (χ0n) is 8.81. The van der Waals surface area contributed by atoms with Crippen LogP contribution < -0.4 is 10.6 Å². The van der Waals surface area contributed by atoms with E-state index in [1.807, 2.05) is 12.1 Å². The van der Waals surface area contributed by atoms with E-state index in [2.05, 4.69) is 16.8 Å². The van der Waals surface area contributed by atoms with Crippen LogP contribution in [0.1, 0.15) is 18.9 Å². The number of nitrogens with zero attached hydrogens (tertiary/aromatic N) is 2. The maximum Gasteiger partial charge on any atom is 0.138 e. The van der Waals surface area contributed by atoms with Crippen LogP contribution in [0.3, 0.4) is 0 Å². The van der Waals surface area contributed by atoms with Crippen molar-refractivity contribution in [2.24, 2.45) is 11.7 Å². The molecule has 1 fully saturated rings. The Bertz CT molecular complexity index is 378. The fourth-order valence-electron chi connectivity index (χ4n) is 1.97. The molecule has 0 aromatic carbocycles. The Morgan fingerprint density at radius 2 is 2.47 bits per heavy atom. The molecular weight excluding hydrogens is 206 g/mol. The second kappa shape index (κ2) is 4.14. The molecule has 1 aromatic rings. The third-order valence-corrected chi connectivity index (χ3v) is 3.00. The van der Waals surface area contributed by atoms with Crippen molar-refractivity contribution in [1.82, 2.24) is 4.98 Å². The van der Waals surface area contributed by atoms with E-state index in [9.17, 15) is 0 Å². The molecule has 1 unspecified atom stereocenters. The Labute approximate surface area is 95.3 Å². The molecule has 2 N–H and O–H groups in total. The number of nitrogens with two attached hydrogens (primary N) is 1. The summed E-state index contributed by atoms with van der Waals surface area (Å²) >= 11 is 5.03. The molecule has 0 aliphatic carbocycles. The molecule has 4 heteroatoms. The van der Waals surface area contributed by atoms with E-state index in [4.69, 9.17) is 18.0 Å². The molecule has 0 spiro atoms. The first-order valence-electron chi connectivity index (χ1n) is 5.18. The van der Waals surface area contributed by atoms with Crippen molar-refractivity contribution >= 4 is 23.0 Å². The van der Waals surface area contributed by atoms with E-state index >= 15 is 0 Å². The summed E-state index contributed by atoms with van der Waals surface area (Å²) in [5.74, 6) is 1.67. The van der Waals surface area contributed by atoms with Gasteiger partial charge in [0, 0.05) is 19.3 Å². The first-order valence-corrected chi connectivity index (χ1v) is 5.59. The Morgan fingerprint density at radius 1 is 1.67 bits per heavy atom. The molecule has 0 bridgehead atoms. The Morgan fingerprint density at radius 3 is 3.07 bits per heavy atom. The van der Waals surface area contributed by atoms with Gasteiger partial charge in [-0.15, -0.1) is 0 Å². The highest BCUT2D eigenvalue weighted by Crippen LogP contribution is 2.24. The lowest BCUT2D eigenvalue weighted by Crippen LogP contribution is -2.24. The van der Waals surface area contributed by atoms with Crippen LogP contribution in [0, 0.1) is 5.92 Å². The number of rotatable bonds is 2. The minimum absolute atomic E-state index is 0.428. The van der Waals surface area contributed by atoms with Crippen molar-refractivity contribution in [2.75, 3.05) is 18.0 Å². The summed E-state index contributed by atoms with van der Waals surface area (Å²) in [7, 11) is 0. The maximum absolute atomic E-state index is 5.68. The normalized spacial score (nSPS) is 20.6. The molecule has 3 nitrogen and oxygen atoms in total. The Balaban J connectivity index is 2.31. The average Bonchev–Trinajstić information content (AvgIpc) is 2.65. The van der Waals surface area contributed by atoms with Crippen LogP contribution in [0.4, 0.5) is 5.82 Å². The number of hydrogen-bond acceptors (Lipinski definition) is 3. The van der Waals surface area contributed by atoms with Crippen molar-refractivity contribution in [1.29, 1.82) is 0 Å². The van der Waals surface area contributed by atoms with Gasteiger partial charge in [-0.05, 0) is 24.5 Å². The minimum Gasteiger partial charge on any atom is -0.389 e. The highest BCUT2D eigenvalue weighted by Gasteiger charge is 2.22. The zero-order valence-corrected chi connectivity index (χ0v) is 9.63. The summed E-state index contributed by atoms with van der Waals surface area (Å²) in [5.41, 5.74) is 6.57. The Hall–Kier alpha value is -1.16. The lowest BCUT2D eigenvalue weighted by atomic mass is 10.2. The van der Waals surface area contributed by atoms with Gasteiger partial charge in [-0.25, -0.2) is 4.98 Å². The Kier molecular flexibility index (Phi) is 2.86. The van der Waals surface area contributed by atoms with E-state index < -0.39 is 0 Å². The van der Waals surface area contributed by atoms with E-state index in [0.29, 0.717) is 4.99 Å². The quantitative estimate of drug-likeness (QED) is 0.770. The van der Waals surface area contributed by atoms with Gasteiger partial charge >= 0.3 is 0 Å². The highest BCUT2D eigenvalue weighted by molar-refractivity contribution is 7.80. The average molecular weight is 221 g/mol. The number of hydrogen-bond donors (Lipinski definition) is 1. The van der Waals surface area contributed by atoms with Gasteiger partial charge < -0.3 is 10.6 Å². The van der Waals surface area contributed by atoms with E-state index in [1.54, 1.807) is 6.20 Å². The van der Waals surface area contributed by atoms with Gasteiger partial charge in [-0.1, -0.05) is 19.1 Å².